The summed E-state index contributed by atoms with van der Waals surface area (Å²) in [4.78, 5) is 23.8. The van der Waals surface area contributed by atoms with Crippen molar-refractivity contribution >= 4 is 23.2 Å². The second kappa shape index (κ2) is 8.78. The van der Waals surface area contributed by atoms with Crippen molar-refractivity contribution in [3.8, 4) is 0 Å². The fourth-order valence-corrected chi connectivity index (χ4v) is 2.34. The number of carbonyl (C=O) groups is 2. The number of nitrogens with zero attached hydrogens (tertiary/aromatic N) is 1. The topological polar surface area (TPSA) is 70.6 Å². The SMILES string of the molecule is C/C(=N\NC(=O)CCC(=O)Nc1ccc(C)cc1C)c1ccccc1. The Morgan fingerprint density at radius 3 is 2.32 bits per heavy atom. The van der Waals surface area contributed by atoms with Gasteiger partial charge in [-0.15, -0.1) is 0 Å². The van der Waals surface area contributed by atoms with Crippen LogP contribution >= 0.6 is 0 Å². The van der Waals surface area contributed by atoms with Crippen molar-refractivity contribution in [2.75, 3.05) is 5.32 Å². The van der Waals surface area contributed by atoms with Crippen molar-refractivity contribution in [2.45, 2.75) is 33.6 Å². The van der Waals surface area contributed by atoms with Gasteiger partial charge in [-0.3, -0.25) is 9.59 Å². The number of aryl methyl sites for hydroxylation is 2. The minimum absolute atomic E-state index is 0.0856. The summed E-state index contributed by atoms with van der Waals surface area (Å²) < 4.78 is 0. The molecule has 0 fully saturated rings. The number of amides is 2. The maximum absolute atomic E-state index is 12.0. The summed E-state index contributed by atoms with van der Waals surface area (Å²) >= 11 is 0. The number of benzene rings is 2. The molecule has 2 aromatic carbocycles. The number of anilines is 1. The zero-order valence-corrected chi connectivity index (χ0v) is 14.8. The van der Waals surface area contributed by atoms with E-state index in [4.69, 9.17) is 0 Å². The van der Waals surface area contributed by atoms with Crippen LogP contribution in [0.2, 0.25) is 0 Å². The van der Waals surface area contributed by atoms with E-state index in [2.05, 4.69) is 15.8 Å². The van der Waals surface area contributed by atoms with Gasteiger partial charge in [0.1, 0.15) is 0 Å². The summed E-state index contributed by atoms with van der Waals surface area (Å²) in [5.41, 5.74) is 7.06. The fourth-order valence-electron chi connectivity index (χ4n) is 2.34. The Hall–Kier alpha value is -2.95. The Labute approximate surface area is 148 Å². The van der Waals surface area contributed by atoms with Gasteiger partial charge in [0, 0.05) is 18.5 Å². The first kappa shape index (κ1) is 18.4. The van der Waals surface area contributed by atoms with Crippen LogP contribution in [0.5, 0.6) is 0 Å². The first-order valence-corrected chi connectivity index (χ1v) is 8.21. The highest BCUT2D eigenvalue weighted by molar-refractivity contribution is 5.99. The number of nitrogens with one attached hydrogen (secondary N) is 2. The van der Waals surface area contributed by atoms with E-state index < -0.39 is 0 Å². The van der Waals surface area contributed by atoms with E-state index in [1.807, 2.05) is 69.3 Å². The van der Waals surface area contributed by atoms with Crippen molar-refractivity contribution < 1.29 is 9.59 Å². The molecule has 25 heavy (non-hydrogen) atoms. The number of hydrogen-bond donors (Lipinski definition) is 2. The van der Waals surface area contributed by atoms with Crippen LogP contribution in [0.4, 0.5) is 5.69 Å². The molecule has 0 aliphatic heterocycles. The molecule has 0 radical (unpaired) electrons. The van der Waals surface area contributed by atoms with Crippen LogP contribution in [0.3, 0.4) is 0 Å². The van der Waals surface area contributed by atoms with Gasteiger partial charge >= 0.3 is 0 Å². The molecule has 2 N–H and O–H groups in total. The predicted octanol–water partition coefficient (Wildman–Crippen LogP) is 3.56. The first-order chi connectivity index (χ1) is 12.0. The molecular weight excluding hydrogens is 314 g/mol. The third-order valence-electron chi connectivity index (χ3n) is 3.77. The smallest absolute Gasteiger partial charge is 0.240 e. The number of hydrogen-bond acceptors (Lipinski definition) is 3. The van der Waals surface area contributed by atoms with Crippen molar-refractivity contribution in [2.24, 2.45) is 5.10 Å². The van der Waals surface area contributed by atoms with Crippen molar-refractivity contribution in [3.05, 3.63) is 65.2 Å². The number of hydrazone groups is 1. The minimum Gasteiger partial charge on any atom is -0.326 e. The minimum atomic E-state index is -0.286. The quantitative estimate of drug-likeness (QED) is 0.625. The average molecular weight is 337 g/mol. The molecule has 2 amide bonds. The van der Waals surface area contributed by atoms with Gasteiger partial charge in [0.25, 0.3) is 0 Å². The second-order valence-electron chi connectivity index (χ2n) is 5.96. The Morgan fingerprint density at radius 1 is 0.960 bits per heavy atom. The van der Waals surface area contributed by atoms with Crippen LogP contribution in [0, 0.1) is 13.8 Å². The molecule has 5 heteroatoms. The van der Waals surface area contributed by atoms with Gasteiger partial charge < -0.3 is 5.32 Å². The van der Waals surface area contributed by atoms with Crippen LogP contribution in [-0.2, 0) is 9.59 Å². The molecule has 0 heterocycles. The lowest BCUT2D eigenvalue weighted by atomic mass is 10.1. The number of rotatable bonds is 6. The predicted molar refractivity (Wildman–Crippen MR) is 101 cm³/mol. The number of carbonyl (C=O) groups excluding carboxylic acids is 2. The van der Waals surface area contributed by atoms with E-state index in [0.717, 1.165) is 22.4 Å². The Bertz CT molecular complexity index is 783. The fraction of sp³-hybridized carbons (Fsp3) is 0.250. The molecule has 0 unspecified atom stereocenters. The molecule has 0 aromatic heterocycles. The van der Waals surface area contributed by atoms with E-state index in [1.165, 1.54) is 0 Å². The average Bonchev–Trinajstić information content (AvgIpc) is 2.61. The van der Waals surface area contributed by atoms with Crippen LogP contribution in [0.15, 0.2) is 53.6 Å². The van der Waals surface area contributed by atoms with Crippen LogP contribution < -0.4 is 10.7 Å². The molecule has 130 valence electrons. The molecule has 2 aromatic rings. The van der Waals surface area contributed by atoms with Gasteiger partial charge in [0.15, 0.2) is 0 Å². The van der Waals surface area contributed by atoms with Crippen LogP contribution in [-0.4, -0.2) is 17.5 Å². The van der Waals surface area contributed by atoms with E-state index in [0.29, 0.717) is 5.71 Å². The highest BCUT2D eigenvalue weighted by Gasteiger charge is 2.08. The lowest BCUT2D eigenvalue weighted by Gasteiger charge is -2.09. The molecule has 5 nitrogen and oxygen atoms in total. The standard InChI is InChI=1S/C20H23N3O2/c1-14-9-10-18(15(2)13-14)21-19(24)11-12-20(25)23-22-16(3)17-7-5-4-6-8-17/h4-10,13H,11-12H2,1-3H3,(H,21,24)(H,23,25)/b22-16+. The van der Waals surface area contributed by atoms with Crippen molar-refractivity contribution in [1.29, 1.82) is 0 Å². The molecule has 2 rings (SSSR count). The summed E-state index contributed by atoms with van der Waals surface area (Å²) in [6.07, 6.45) is 0.196. The largest absolute Gasteiger partial charge is 0.326 e. The van der Waals surface area contributed by atoms with Crippen LogP contribution in [0.1, 0.15) is 36.5 Å². The van der Waals surface area contributed by atoms with E-state index in [1.54, 1.807) is 0 Å². The van der Waals surface area contributed by atoms with Gasteiger partial charge in [-0.05, 0) is 38.0 Å². The van der Waals surface area contributed by atoms with Gasteiger partial charge in [0.2, 0.25) is 11.8 Å². The lowest BCUT2D eigenvalue weighted by molar-refractivity contribution is -0.124. The third kappa shape index (κ3) is 5.88. The van der Waals surface area contributed by atoms with Gasteiger partial charge in [-0.2, -0.15) is 5.10 Å². The molecule has 0 saturated heterocycles. The van der Waals surface area contributed by atoms with E-state index in [-0.39, 0.29) is 24.7 Å². The summed E-state index contributed by atoms with van der Waals surface area (Å²) in [5, 5.41) is 6.89. The normalized spacial score (nSPS) is 11.1. The van der Waals surface area contributed by atoms with Crippen molar-refractivity contribution in [1.82, 2.24) is 5.43 Å². The molecule has 0 atom stereocenters. The molecule has 0 spiro atoms. The first-order valence-electron chi connectivity index (χ1n) is 8.21. The summed E-state index contributed by atoms with van der Waals surface area (Å²) in [6.45, 7) is 5.76. The summed E-state index contributed by atoms with van der Waals surface area (Å²) in [7, 11) is 0. The summed E-state index contributed by atoms with van der Waals surface area (Å²) in [6, 6.07) is 15.4. The maximum Gasteiger partial charge on any atom is 0.240 e. The zero-order chi connectivity index (χ0) is 18.2. The Kier molecular flexibility index (Phi) is 6.46. The molecular formula is C20H23N3O2. The van der Waals surface area contributed by atoms with E-state index in [9.17, 15) is 9.59 Å². The molecule has 0 aliphatic carbocycles. The molecule has 0 aliphatic rings. The molecule has 0 saturated carbocycles. The highest BCUT2D eigenvalue weighted by atomic mass is 16.2. The van der Waals surface area contributed by atoms with Gasteiger partial charge in [-0.1, -0.05) is 48.0 Å². The van der Waals surface area contributed by atoms with Crippen LogP contribution in [0.25, 0.3) is 0 Å². The Balaban J connectivity index is 1.80. The maximum atomic E-state index is 12.0. The second-order valence-corrected chi connectivity index (χ2v) is 5.96. The Morgan fingerprint density at radius 2 is 1.64 bits per heavy atom. The monoisotopic (exact) mass is 337 g/mol. The van der Waals surface area contributed by atoms with Gasteiger partial charge in [0.05, 0.1) is 5.71 Å². The summed E-state index contributed by atoms with van der Waals surface area (Å²) in [5.74, 6) is -0.475. The van der Waals surface area contributed by atoms with E-state index >= 15 is 0 Å². The molecule has 0 bridgehead atoms. The van der Waals surface area contributed by atoms with Crippen molar-refractivity contribution in [3.63, 3.8) is 0 Å². The zero-order valence-electron chi connectivity index (χ0n) is 14.8. The third-order valence-corrected chi connectivity index (χ3v) is 3.77. The highest BCUT2D eigenvalue weighted by Crippen LogP contribution is 2.16. The lowest BCUT2D eigenvalue weighted by Crippen LogP contribution is -2.22. The van der Waals surface area contributed by atoms with Gasteiger partial charge in [-0.25, -0.2) is 5.43 Å².